The molecule has 1 rings (SSSR count). The fourth-order valence-electron chi connectivity index (χ4n) is 1.29. The van der Waals surface area contributed by atoms with Crippen molar-refractivity contribution in [3.8, 4) is 0 Å². The number of rotatable bonds is 5. The average Bonchev–Trinajstić information content (AvgIpc) is 2.38. The van der Waals surface area contributed by atoms with Crippen LogP contribution >= 0.6 is 0 Å². The minimum absolute atomic E-state index is 0.122. The highest BCUT2D eigenvalue weighted by molar-refractivity contribution is 5.97. The molecule has 0 aliphatic heterocycles. The predicted molar refractivity (Wildman–Crippen MR) is 65.5 cm³/mol. The van der Waals surface area contributed by atoms with Crippen LogP contribution in [-0.2, 0) is 9.53 Å². The molecule has 1 heterocycles. The van der Waals surface area contributed by atoms with Crippen molar-refractivity contribution < 1.29 is 19.4 Å². The second kappa shape index (κ2) is 5.59. The number of nitrogens with zero attached hydrogens (tertiary/aromatic N) is 1. The Kier molecular flexibility index (Phi) is 4.38. The van der Waals surface area contributed by atoms with E-state index >= 15 is 0 Å². The number of carboxylic acid groups (broad SMARTS) is 1. The Morgan fingerprint density at radius 2 is 2.22 bits per heavy atom. The van der Waals surface area contributed by atoms with Crippen LogP contribution in [0.15, 0.2) is 18.3 Å². The van der Waals surface area contributed by atoms with Gasteiger partial charge in [0.15, 0.2) is 0 Å². The number of ether oxygens (including phenoxy) is 1. The lowest BCUT2D eigenvalue weighted by Crippen LogP contribution is -2.41. The number of aromatic nitrogens is 1. The van der Waals surface area contributed by atoms with Gasteiger partial charge in [0.25, 0.3) is 5.91 Å². The minimum atomic E-state index is -1.14. The number of carbonyl (C=O) groups is 2. The van der Waals surface area contributed by atoms with Crippen LogP contribution < -0.4 is 5.32 Å². The zero-order valence-electron chi connectivity index (χ0n) is 10.6. The zero-order valence-corrected chi connectivity index (χ0v) is 10.6. The Morgan fingerprint density at radius 1 is 1.56 bits per heavy atom. The number of aromatic carboxylic acids is 1. The minimum Gasteiger partial charge on any atom is -0.477 e. The molecule has 1 aromatic rings. The molecule has 1 atom stereocenters. The van der Waals surface area contributed by atoms with Crippen molar-refractivity contribution in [1.29, 1.82) is 0 Å². The van der Waals surface area contributed by atoms with Gasteiger partial charge in [-0.15, -0.1) is 0 Å². The number of hydrogen-bond donors (Lipinski definition) is 2. The molecular weight excluding hydrogens is 236 g/mol. The molecule has 6 nitrogen and oxygen atoms in total. The predicted octanol–water partition coefficient (Wildman–Crippen LogP) is 1.53. The highest BCUT2D eigenvalue weighted by Gasteiger charge is 2.31. The summed E-state index contributed by atoms with van der Waals surface area (Å²) >= 11 is 0. The van der Waals surface area contributed by atoms with Crippen LogP contribution in [0.2, 0.25) is 0 Å². The number of nitrogens with one attached hydrogen (secondary N) is 1. The lowest BCUT2D eigenvalue weighted by Gasteiger charge is -2.25. The van der Waals surface area contributed by atoms with Crippen LogP contribution in [0.5, 0.6) is 0 Å². The van der Waals surface area contributed by atoms with E-state index in [-0.39, 0.29) is 11.6 Å². The summed E-state index contributed by atoms with van der Waals surface area (Å²) in [6.45, 7) is 3.50. The Labute approximate surface area is 105 Å². The highest BCUT2D eigenvalue weighted by Crippen LogP contribution is 2.17. The van der Waals surface area contributed by atoms with Crippen molar-refractivity contribution in [1.82, 2.24) is 4.98 Å². The molecule has 1 aromatic heterocycles. The molecule has 0 bridgehead atoms. The largest absolute Gasteiger partial charge is 0.477 e. The second-order valence-electron chi connectivity index (χ2n) is 3.98. The molecule has 0 aliphatic rings. The van der Waals surface area contributed by atoms with Gasteiger partial charge in [-0.25, -0.2) is 9.78 Å². The van der Waals surface area contributed by atoms with E-state index in [1.165, 1.54) is 25.4 Å². The topological polar surface area (TPSA) is 88.5 Å². The number of methoxy groups -OCH3 is 1. The van der Waals surface area contributed by atoms with Crippen molar-refractivity contribution in [2.45, 2.75) is 25.9 Å². The Balaban J connectivity index is 2.88. The molecule has 1 amide bonds. The number of anilines is 1. The summed E-state index contributed by atoms with van der Waals surface area (Å²) < 4.78 is 5.15. The third-order valence-electron chi connectivity index (χ3n) is 2.84. The number of amides is 1. The van der Waals surface area contributed by atoms with Gasteiger partial charge in [-0.1, -0.05) is 6.92 Å². The van der Waals surface area contributed by atoms with Gasteiger partial charge in [0.1, 0.15) is 11.3 Å². The van der Waals surface area contributed by atoms with Crippen LogP contribution in [0.4, 0.5) is 5.69 Å². The standard InChI is InChI=1S/C12H16N2O4/c1-4-12(2,18-3)11(17)14-8-5-6-13-9(7-8)10(15)16/h5-7H,4H2,1-3H3,(H,15,16)(H,13,14,17). The normalized spacial score (nSPS) is 13.7. The quantitative estimate of drug-likeness (QED) is 0.829. The summed E-state index contributed by atoms with van der Waals surface area (Å²) in [5.41, 5.74) is -0.681. The summed E-state index contributed by atoms with van der Waals surface area (Å²) in [5.74, 6) is -1.47. The molecule has 0 saturated carbocycles. The van der Waals surface area contributed by atoms with E-state index in [2.05, 4.69) is 10.3 Å². The summed E-state index contributed by atoms with van der Waals surface area (Å²) in [7, 11) is 1.46. The van der Waals surface area contributed by atoms with Crippen LogP contribution in [0, 0.1) is 0 Å². The average molecular weight is 252 g/mol. The maximum absolute atomic E-state index is 12.0. The Hall–Kier alpha value is -1.95. The van der Waals surface area contributed by atoms with E-state index in [1.807, 2.05) is 6.92 Å². The molecular formula is C12H16N2O4. The summed E-state index contributed by atoms with van der Waals surface area (Å²) in [6.07, 6.45) is 1.83. The van der Waals surface area contributed by atoms with Gasteiger partial charge in [0.05, 0.1) is 0 Å². The molecule has 0 radical (unpaired) electrons. The first-order valence-electron chi connectivity index (χ1n) is 5.49. The van der Waals surface area contributed by atoms with Crippen molar-refractivity contribution in [2.24, 2.45) is 0 Å². The van der Waals surface area contributed by atoms with Gasteiger partial charge >= 0.3 is 5.97 Å². The maximum Gasteiger partial charge on any atom is 0.354 e. The van der Waals surface area contributed by atoms with E-state index in [0.717, 1.165) is 0 Å². The third kappa shape index (κ3) is 3.04. The van der Waals surface area contributed by atoms with E-state index in [9.17, 15) is 9.59 Å². The fraction of sp³-hybridized carbons (Fsp3) is 0.417. The first-order chi connectivity index (χ1) is 8.42. The maximum atomic E-state index is 12.0. The molecule has 0 saturated heterocycles. The van der Waals surface area contributed by atoms with Crippen LogP contribution in [0.3, 0.4) is 0 Å². The lowest BCUT2D eigenvalue weighted by atomic mass is 10.0. The summed E-state index contributed by atoms with van der Waals surface area (Å²) in [6, 6.07) is 2.82. The first-order valence-corrected chi connectivity index (χ1v) is 5.49. The van der Waals surface area contributed by atoms with Crippen LogP contribution in [-0.4, -0.2) is 34.7 Å². The molecule has 18 heavy (non-hydrogen) atoms. The number of hydrogen-bond acceptors (Lipinski definition) is 4. The summed E-state index contributed by atoms with van der Waals surface area (Å²) in [4.78, 5) is 26.4. The molecule has 0 aliphatic carbocycles. The molecule has 98 valence electrons. The number of carboxylic acids is 1. The smallest absolute Gasteiger partial charge is 0.354 e. The molecule has 0 spiro atoms. The van der Waals surface area contributed by atoms with E-state index in [1.54, 1.807) is 6.92 Å². The first kappa shape index (κ1) is 14.1. The molecule has 0 aromatic carbocycles. The van der Waals surface area contributed by atoms with Crippen LogP contribution in [0.1, 0.15) is 30.8 Å². The molecule has 2 N–H and O–H groups in total. The second-order valence-corrected chi connectivity index (χ2v) is 3.98. The van der Waals surface area contributed by atoms with Crippen molar-refractivity contribution in [3.63, 3.8) is 0 Å². The van der Waals surface area contributed by atoms with E-state index in [4.69, 9.17) is 9.84 Å². The SMILES string of the molecule is CCC(C)(OC)C(=O)Nc1ccnc(C(=O)O)c1. The van der Waals surface area contributed by atoms with Gasteiger partial charge in [-0.2, -0.15) is 0 Å². The molecule has 1 unspecified atom stereocenters. The van der Waals surface area contributed by atoms with Crippen molar-refractivity contribution in [2.75, 3.05) is 12.4 Å². The number of pyridine rings is 1. The third-order valence-corrected chi connectivity index (χ3v) is 2.84. The highest BCUT2D eigenvalue weighted by atomic mass is 16.5. The van der Waals surface area contributed by atoms with Crippen molar-refractivity contribution in [3.05, 3.63) is 24.0 Å². The molecule has 0 fully saturated rings. The van der Waals surface area contributed by atoms with Gasteiger partial charge in [-0.05, 0) is 25.5 Å². The monoisotopic (exact) mass is 252 g/mol. The Bertz CT molecular complexity index is 455. The zero-order chi connectivity index (χ0) is 13.8. The van der Waals surface area contributed by atoms with E-state index in [0.29, 0.717) is 12.1 Å². The van der Waals surface area contributed by atoms with E-state index < -0.39 is 11.6 Å². The van der Waals surface area contributed by atoms with Crippen molar-refractivity contribution >= 4 is 17.6 Å². The summed E-state index contributed by atoms with van der Waals surface area (Å²) in [5, 5.41) is 11.4. The number of carbonyl (C=O) groups excluding carboxylic acids is 1. The van der Waals surface area contributed by atoms with Crippen LogP contribution in [0.25, 0.3) is 0 Å². The fourth-order valence-corrected chi connectivity index (χ4v) is 1.29. The molecule has 6 heteroatoms. The van der Waals surface area contributed by atoms with Gasteiger partial charge in [0, 0.05) is 19.0 Å². The Morgan fingerprint density at radius 3 is 2.72 bits per heavy atom. The lowest BCUT2D eigenvalue weighted by molar-refractivity contribution is -0.136. The van der Waals surface area contributed by atoms with Gasteiger partial charge < -0.3 is 15.2 Å². The van der Waals surface area contributed by atoms with Gasteiger partial charge in [0.2, 0.25) is 0 Å². The van der Waals surface area contributed by atoms with Gasteiger partial charge in [-0.3, -0.25) is 4.79 Å².